The van der Waals surface area contributed by atoms with Crippen molar-refractivity contribution in [2.75, 3.05) is 18.2 Å². The Morgan fingerprint density at radius 2 is 2.06 bits per heavy atom. The number of thioether (sulfide) groups is 1. The molecule has 0 aliphatic rings. The van der Waals surface area contributed by atoms with E-state index < -0.39 is 6.04 Å². The lowest BCUT2D eigenvalue weighted by Gasteiger charge is -2.15. The number of carbonyl (C=O) groups excluding carboxylic acids is 2. The molecule has 0 spiro atoms. The number of aromatic nitrogens is 4. The van der Waals surface area contributed by atoms with Crippen molar-refractivity contribution in [1.29, 1.82) is 0 Å². The van der Waals surface area contributed by atoms with E-state index in [9.17, 15) is 9.59 Å². The molecule has 32 heavy (non-hydrogen) atoms. The van der Waals surface area contributed by atoms with Gasteiger partial charge >= 0.3 is 0 Å². The molecule has 3 aromatic rings. The molecule has 11 heteroatoms. The highest BCUT2D eigenvalue weighted by Crippen LogP contribution is 2.22. The minimum absolute atomic E-state index is 0.153. The van der Waals surface area contributed by atoms with Crippen molar-refractivity contribution in [1.82, 2.24) is 25.1 Å². The Bertz CT molecular complexity index is 1090. The first-order chi connectivity index (χ1) is 15.4. The van der Waals surface area contributed by atoms with Crippen LogP contribution >= 0.6 is 23.1 Å². The van der Waals surface area contributed by atoms with Gasteiger partial charge < -0.3 is 19.9 Å². The SMILES string of the molecule is C=CCn1c(SCC(=O)Nc2nc(C)cs2)nnc1[C@@H](C)NC(=O)c1ccc(OC)cc1. The summed E-state index contributed by atoms with van der Waals surface area (Å²) in [5.74, 6) is 0.988. The van der Waals surface area contributed by atoms with Gasteiger partial charge in [0.25, 0.3) is 5.91 Å². The third kappa shape index (κ3) is 5.95. The largest absolute Gasteiger partial charge is 0.497 e. The molecule has 0 unspecified atom stereocenters. The van der Waals surface area contributed by atoms with Crippen molar-refractivity contribution in [3.8, 4) is 5.75 Å². The van der Waals surface area contributed by atoms with Gasteiger partial charge in [-0.15, -0.1) is 28.1 Å². The second kappa shape index (κ2) is 10.9. The van der Waals surface area contributed by atoms with Crippen LogP contribution in [-0.2, 0) is 11.3 Å². The van der Waals surface area contributed by atoms with Crippen LogP contribution in [0.4, 0.5) is 5.13 Å². The van der Waals surface area contributed by atoms with Crippen LogP contribution in [0.15, 0.2) is 47.5 Å². The lowest BCUT2D eigenvalue weighted by Crippen LogP contribution is -2.28. The molecule has 0 saturated heterocycles. The number of carbonyl (C=O) groups is 2. The molecule has 0 aliphatic heterocycles. The molecular weight excluding hydrogens is 448 g/mol. The van der Waals surface area contributed by atoms with E-state index in [1.165, 1.54) is 23.1 Å². The number of hydrogen-bond acceptors (Lipinski definition) is 8. The van der Waals surface area contributed by atoms with E-state index in [0.717, 1.165) is 5.69 Å². The molecule has 2 N–H and O–H groups in total. The summed E-state index contributed by atoms with van der Waals surface area (Å²) in [6.07, 6.45) is 1.72. The van der Waals surface area contributed by atoms with Gasteiger partial charge in [0, 0.05) is 17.5 Å². The monoisotopic (exact) mass is 472 g/mol. The predicted octanol–water partition coefficient (Wildman–Crippen LogP) is 3.46. The van der Waals surface area contributed by atoms with Crippen LogP contribution in [0.3, 0.4) is 0 Å². The van der Waals surface area contributed by atoms with Crippen molar-refractivity contribution >= 4 is 40.0 Å². The Kier molecular flexibility index (Phi) is 8.01. The predicted molar refractivity (Wildman–Crippen MR) is 125 cm³/mol. The first-order valence-electron chi connectivity index (χ1n) is 9.75. The zero-order chi connectivity index (χ0) is 23.1. The molecule has 2 amide bonds. The van der Waals surface area contributed by atoms with Gasteiger partial charge in [-0.1, -0.05) is 17.8 Å². The van der Waals surface area contributed by atoms with Gasteiger partial charge in [-0.2, -0.15) is 0 Å². The molecular formula is C21H24N6O3S2. The minimum atomic E-state index is -0.404. The van der Waals surface area contributed by atoms with Gasteiger partial charge in [-0.25, -0.2) is 4.98 Å². The quantitative estimate of drug-likeness (QED) is 0.343. The van der Waals surface area contributed by atoms with Gasteiger partial charge in [-0.05, 0) is 38.1 Å². The summed E-state index contributed by atoms with van der Waals surface area (Å²) in [6.45, 7) is 7.93. The van der Waals surface area contributed by atoms with Gasteiger partial charge in [0.2, 0.25) is 5.91 Å². The zero-order valence-electron chi connectivity index (χ0n) is 18.0. The van der Waals surface area contributed by atoms with Crippen LogP contribution in [0, 0.1) is 6.92 Å². The maximum absolute atomic E-state index is 12.6. The van der Waals surface area contributed by atoms with E-state index >= 15 is 0 Å². The number of anilines is 1. The molecule has 3 rings (SSSR count). The fourth-order valence-electron chi connectivity index (χ4n) is 2.81. The van der Waals surface area contributed by atoms with E-state index in [1.54, 1.807) is 37.5 Å². The number of thiazole rings is 1. The number of allylic oxidation sites excluding steroid dienone is 1. The Labute approximate surface area is 194 Å². The second-order valence-corrected chi connectivity index (χ2v) is 8.60. The van der Waals surface area contributed by atoms with Crippen molar-refractivity contribution in [2.24, 2.45) is 0 Å². The van der Waals surface area contributed by atoms with Crippen LogP contribution in [-0.4, -0.2) is 44.4 Å². The Morgan fingerprint density at radius 1 is 1.31 bits per heavy atom. The molecule has 0 fully saturated rings. The highest BCUT2D eigenvalue weighted by Gasteiger charge is 2.20. The van der Waals surface area contributed by atoms with Crippen molar-refractivity contribution in [2.45, 2.75) is 31.6 Å². The van der Waals surface area contributed by atoms with Crippen LogP contribution in [0.25, 0.3) is 0 Å². The first kappa shape index (κ1) is 23.5. The number of aryl methyl sites for hydroxylation is 1. The molecule has 0 saturated carbocycles. The van der Waals surface area contributed by atoms with E-state index in [-0.39, 0.29) is 17.6 Å². The number of hydrogen-bond donors (Lipinski definition) is 2. The molecule has 9 nitrogen and oxygen atoms in total. The fourth-order valence-corrected chi connectivity index (χ4v) is 4.27. The fraction of sp³-hybridized carbons (Fsp3) is 0.286. The number of methoxy groups -OCH3 is 1. The number of amides is 2. The van der Waals surface area contributed by atoms with Crippen LogP contribution in [0.2, 0.25) is 0 Å². The molecule has 0 radical (unpaired) electrons. The Balaban J connectivity index is 1.65. The number of benzene rings is 1. The smallest absolute Gasteiger partial charge is 0.251 e. The third-order valence-electron chi connectivity index (χ3n) is 4.34. The second-order valence-electron chi connectivity index (χ2n) is 6.79. The summed E-state index contributed by atoms with van der Waals surface area (Å²) in [5.41, 5.74) is 1.37. The van der Waals surface area contributed by atoms with Gasteiger partial charge in [-0.3, -0.25) is 9.59 Å². The number of rotatable bonds is 10. The number of nitrogens with zero attached hydrogens (tertiary/aromatic N) is 4. The molecule has 1 aromatic carbocycles. The zero-order valence-corrected chi connectivity index (χ0v) is 19.6. The highest BCUT2D eigenvalue weighted by molar-refractivity contribution is 7.99. The van der Waals surface area contributed by atoms with Gasteiger partial charge in [0.1, 0.15) is 5.75 Å². The average molecular weight is 473 g/mol. The number of ether oxygens (including phenoxy) is 1. The maximum Gasteiger partial charge on any atom is 0.251 e. The van der Waals surface area contributed by atoms with E-state index in [1.807, 2.05) is 23.8 Å². The summed E-state index contributed by atoms with van der Waals surface area (Å²) in [6, 6.07) is 6.44. The van der Waals surface area contributed by atoms with Crippen molar-refractivity contribution < 1.29 is 14.3 Å². The molecule has 1 atom stereocenters. The van der Waals surface area contributed by atoms with Crippen molar-refractivity contribution in [3.63, 3.8) is 0 Å². The highest BCUT2D eigenvalue weighted by atomic mass is 32.2. The normalized spacial score (nSPS) is 11.6. The van der Waals surface area contributed by atoms with Gasteiger partial charge in [0.05, 0.1) is 24.6 Å². The topological polar surface area (TPSA) is 111 Å². The van der Waals surface area contributed by atoms with Crippen LogP contribution < -0.4 is 15.4 Å². The van der Waals surface area contributed by atoms with Crippen LogP contribution in [0.1, 0.15) is 34.8 Å². The lowest BCUT2D eigenvalue weighted by molar-refractivity contribution is -0.113. The standard InChI is InChI=1S/C21H24N6O3S2/c1-5-10-27-18(14(3)23-19(29)15-6-8-16(30-4)9-7-15)25-26-21(27)32-12-17(28)24-20-22-13(2)11-31-20/h5-9,11,14H,1,10,12H2,2-4H3,(H,23,29)(H,22,24,28)/t14-/m1/s1. The van der Waals surface area contributed by atoms with E-state index in [2.05, 4.69) is 32.4 Å². The van der Waals surface area contributed by atoms with Crippen molar-refractivity contribution in [3.05, 3.63) is 59.4 Å². The third-order valence-corrected chi connectivity index (χ3v) is 6.18. The number of nitrogens with one attached hydrogen (secondary N) is 2. The van der Waals surface area contributed by atoms with Crippen LogP contribution in [0.5, 0.6) is 5.75 Å². The maximum atomic E-state index is 12.6. The molecule has 168 valence electrons. The minimum Gasteiger partial charge on any atom is -0.497 e. The Morgan fingerprint density at radius 3 is 2.69 bits per heavy atom. The molecule has 0 bridgehead atoms. The molecule has 2 heterocycles. The summed E-state index contributed by atoms with van der Waals surface area (Å²) >= 11 is 2.64. The lowest BCUT2D eigenvalue weighted by atomic mass is 10.2. The van der Waals surface area contributed by atoms with Gasteiger partial charge in [0.15, 0.2) is 16.1 Å². The summed E-state index contributed by atoms with van der Waals surface area (Å²) in [5, 5.41) is 17.2. The Hall–Kier alpha value is -3.18. The van der Waals surface area contributed by atoms with E-state index in [4.69, 9.17) is 4.74 Å². The first-order valence-corrected chi connectivity index (χ1v) is 11.6. The average Bonchev–Trinajstić information content (AvgIpc) is 3.38. The summed E-state index contributed by atoms with van der Waals surface area (Å²) in [4.78, 5) is 29.1. The molecule has 2 aromatic heterocycles. The summed E-state index contributed by atoms with van der Waals surface area (Å²) in [7, 11) is 1.57. The van der Waals surface area contributed by atoms with E-state index in [0.29, 0.717) is 34.0 Å². The molecule has 0 aliphatic carbocycles. The summed E-state index contributed by atoms with van der Waals surface area (Å²) < 4.78 is 6.95.